The number of phenolic OH excluding ortho intramolecular Hbond substituents is 1. The Morgan fingerprint density at radius 1 is 0.952 bits per heavy atom. The molecule has 1 atom stereocenters. The van der Waals surface area contributed by atoms with Gasteiger partial charge >= 0.3 is 6.18 Å². The Bertz CT molecular complexity index is 522. The van der Waals surface area contributed by atoms with Crippen molar-refractivity contribution in [3.05, 3.63) is 28.8 Å². The van der Waals surface area contributed by atoms with Crippen LogP contribution in [-0.4, -0.2) is 11.3 Å². The lowest BCUT2D eigenvalue weighted by Gasteiger charge is -2.29. The summed E-state index contributed by atoms with van der Waals surface area (Å²) in [6.45, 7) is 11.3. The monoisotopic (exact) mass is 303 g/mol. The SMILES string of the molecule is CC(C)(C)c1cc([C@@H](N)C(F)(F)F)c(O)c(C(C)(C)C)c1. The van der Waals surface area contributed by atoms with Crippen LogP contribution in [0.1, 0.15) is 64.3 Å². The van der Waals surface area contributed by atoms with Crippen LogP contribution in [0.25, 0.3) is 0 Å². The first-order valence-corrected chi connectivity index (χ1v) is 6.86. The van der Waals surface area contributed by atoms with Crippen molar-refractivity contribution < 1.29 is 18.3 Å². The lowest BCUT2D eigenvalue weighted by Crippen LogP contribution is -2.30. The molecule has 0 amide bonds. The molecule has 0 bridgehead atoms. The minimum Gasteiger partial charge on any atom is -0.507 e. The summed E-state index contributed by atoms with van der Waals surface area (Å²) in [5.41, 5.74) is 5.43. The van der Waals surface area contributed by atoms with Crippen molar-refractivity contribution in [1.29, 1.82) is 0 Å². The molecule has 0 heterocycles. The van der Waals surface area contributed by atoms with E-state index < -0.39 is 17.6 Å². The van der Waals surface area contributed by atoms with Gasteiger partial charge in [-0.3, -0.25) is 0 Å². The van der Waals surface area contributed by atoms with Crippen LogP contribution in [0.4, 0.5) is 13.2 Å². The van der Waals surface area contributed by atoms with Gasteiger partial charge in [0.2, 0.25) is 0 Å². The van der Waals surface area contributed by atoms with E-state index in [4.69, 9.17) is 5.73 Å². The number of hydrogen-bond donors (Lipinski definition) is 2. The first-order valence-electron chi connectivity index (χ1n) is 6.86. The largest absolute Gasteiger partial charge is 0.507 e. The van der Waals surface area contributed by atoms with Crippen molar-refractivity contribution in [3.63, 3.8) is 0 Å². The van der Waals surface area contributed by atoms with Gasteiger partial charge in [0.05, 0.1) is 0 Å². The van der Waals surface area contributed by atoms with E-state index in [2.05, 4.69) is 0 Å². The van der Waals surface area contributed by atoms with Gasteiger partial charge in [-0.1, -0.05) is 47.6 Å². The molecule has 0 saturated heterocycles. The summed E-state index contributed by atoms with van der Waals surface area (Å²) in [7, 11) is 0. The Kier molecular flexibility index (Phi) is 4.41. The average Bonchev–Trinajstić information content (AvgIpc) is 2.23. The van der Waals surface area contributed by atoms with Crippen molar-refractivity contribution in [2.24, 2.45) is 5.73 Å². The van der Waals surface area contributed by atoms with Gasteiger partial charge < -0.3 is 10.8 Å². The Labute approximate surface area is 124 Å². The second-order valence-electron chi connectivity index (χ2n) is 7.48. The van der Waals surface area contributed by atoms with Crippen LogP contribution in [0, 0.1) is 0 Å². The van der Waals surface area contributed by atoms with Gasteiger partial charge in [-0.15, -0.1) is 0 Å². The average molecular weight is 303 g/mol. The Balaban J connectivity index is 3.65. The zero-order chi connectivity index (χ0) is 16.8. The summed E-state index contributed by atoms with van der Waals surface area (Å²) in [5, 5.41) is 10.3. The fraction of sp³-hybridized carbons (Fsp3) is 0.625. The molecule has 2 nitrogen and oxygen atoms in total. The smallest absolute Gasteiger partial charge is 0.407 e. The molecule has 1 rings (SSSR count). The summed E-state index contributed by atoms with van der Waals surface area (Å²) in [5.74, 6) is -0.361. The van der Waals surface area contributed by atoms with Crippen LogP contribution in [0.15, 0.2) is 12.1 Å². The van der Waals surface area contributed by atoms with Gasteiger partial charge in [0.15, 0.2) is 0 Å². The van der Waals surface area contributed by atoms with E-state index in [9.17, 15) is 18.3 Å². The van der Waals surface area contributed by atoms with Gasteiger partial charge in [0.1, 0.15) is 11.8 Å². The molecule has 0 unspecified atom stereocenters. The van der Waals surface area contributed by atoms with Crippen LogP contribution in [0.5, 0.6) is 5.75 Å². The maximum atomic E-state index is 12.9. The number of alkyl halides is 3. The third-order valence-corrected chi connectivity index (χ3v) is 3.50. The molecule has 0 aromatic heterocycles. The van der Waals surface area contributed by atoms with Crippen LogP contribution in [0.2, 0.25) is 0 Å². The van der Waals surface area contributed by atoms with Crippen molar-refractivity contribution >= 4 is 0 Å². The third-order valence-electron chi connectivity index (χ3n) is 3.50. The minimum atomic E-state index is -4.59. The molecular formula is C16H24F3NO. The van der Waals surface area contributed by atoms with Crippen molar-refractivity contribution in [3.8, 4) is 5.75 Å². The molecule has 21 heavy (non-hydrogen) atoms. The normalized spacial score (nSPS) is 15.1. The fourth-order valence-corrected chi connectivity index (χ4v) is 2.08. The highest BCUT2D eigenvalue weighted by molar-refractivity contribution is 5.50. The molecule has 1 aromatic rings. The second-order valence-corrected chi connectivity index (χ2v) is 7.48. The highest BCUT2D eigenvalue weighted by atomic mass is 19.4. The Morgan fingerprint density at radius 3 is 1.76 bits per heavy atom. The summed E-state index contributed by atoms with van der Waals surface area (Å²) in [4.78, 5) is 0. The lowest BCUT2D eigenvalue weighted by atomic mass is 9.78. The van der Waals surface area contributed by atoms with Crippen LogP contribution >= 0.6 is 0 Å². The number of benzene rings is 1. The Hall–Kier alpha value is -1.23. The predicted molar refractivity (Wildman–Crippen MR) is 78.5 cm³/mol. The van der Waals surface area contributed by atoms with Crippen LogP contribution in [-0.2, 0) is 10.8 Å². The predicted octanol–water partition coefficient (Wildman–Crippen LogP) is 4.55. The molecule has 5 heteroatoms. The van der Waals surface area contributed by atoms with E-state index in [-0.39, 0.29) is 16.7 Å². The molecule has 0 aliphatic heterocycles. The van der Waals surface area contributed by atoms with Crippen molar-refractivity contribution in [2.75, 3.05) is 0 Å². The van der Waals surface area contributed by atoms with E-state index in [0.29, 0.717) is 5.56 Å². The Morgan fingerprint density at radius 2 is 1.43 bits per heavy atom. The highest BCUT2D eigenvalue weighted by Gasteiger charge is 2.40. The quantitative estimate of drug-likeness (QED) is 0.799. The maximum Gasteiger partial charge on any atom is 0.407 e. The number of phenols is 1. The topological polar surface area (TPSA) is 46.2 Å². The van der Waals surface area contributed by atoms with E-state index in [0.717, 1.165) is 5.56 Å². The summed E-state index contributed by atoms with van der Waals surface area (Å²) in [6.07, 6.45) is -4.59. The molecule has 0 spiro atoms. The summed E-state index contributed by atoms with van der Waals surface area (Å²) >= 11 is 0. The molecule has 0 aliphatic carbocycles. The van der Waals surface area contributed by atoms with E-state index in [1.54, 1.807) is 6.07 Å². The fourth-order valence-electron chi connectivity index (χ4n) is 2.08. The third kappa shape index (κ3) is 3.90. The standard InChI is InChI=1S/C16H24F3NO/c1-14(2,3)9-7-10(13(20)16(17,18)19)12(21)11(8-9)15(4,5)6/h7-8,13,21H,20H2,1-6H3/t13-/m1/s1. The van der Waals surface area contributed by atoms with E-state index >= 15 is 0 Å². The number of hydrogen-bond acceptors (Lipinski definition) is 2. The van der Waals surface area contributed by atoms with Crippen molar-refractivity contribution in [1.82, 2.24) is 0 Å². The van der Waals surface area contributed by atoms with Gasteiger partial charge in [-0.2, -0.15) is 13.2 Å². The molecule has 0 aliphatic rings. The molecule has 1 aromatic carbocycles. The summed E-state index contributed by atoms with van der Waals surface area (Å²) < 4.78 is 38.8. The first kappa shape index (κ1) is 17.8. The number of aromatic hydroxyl groups is 1. The zero-order valence-electron chi connectivity index (χ0n) is 13.4. The molecule has 0 fully saturated rings. The van der Waals surface area contributed by atoms with Gasteiger partial charge in [0.25, 0.3) is 0 Å². The van der Waals surface area contributed by atoms with Gasteiger partial charge in [-0.05, 0) is 28.0 Å². The molecule has 0 saturated carbocycles. The van der Waals surface area contributed by atoms with E-state index in [1.807, 2.05) is 41.5 Å². The first-order chi connectivity index (χ1) is 9.15. The minimum absolute atomic E-state index is 0.264. The molecular weight excluding hydrogens is 279 g/mol. The molecule has 3 N–H and O–H groups in total. The highest BCUT2D eigenvalue weighted by Crippen LogP contribution is 2.42. The lowest BCUT2D eigenvalue weighted by molar-refractivity contribution is -0.149. The molecule has 0 radical (unpaired) electrons. The van der Waals surface area contributed by atoms with Gasteiger partial charge in [-0.25, -0.2) is 0 Å². The van der Waals surface area contributed by atoms with Gasteiger partial charge in [0, 0.05) is 5.56 Å². The number of halogens is 3. The zero-order valence-corrected chi connectivity index (χ0v) is 13.4. The van der Waals surface area contributed by atoms with Crippen molar-refractivity contribution in [2.45, 2.75) is 64.6 Å². The molecule has 120 valence electrons. The second kappa shape index (κ2) is 5.20. The summed E-state index contributed by atoms with van der Waals surface area (Å²) in [6, 6.07) is 0.936. The maximum absolute atomic E-state index is 12.9. The van der Waals surface area contributed by atoms with Crippen LogP contribution < -0.4 is 5.73 Å². The van der Waals surface area contributed by atoms with Crippen LogP contribution in [0.3, 0.4) is 0 Å². The van der Waals surface area contributed by atoms with E-state index in [1.165, 1.54) is 6.07 Å². The number of nitrogens with two attached hydrogens (primary N) is 1. The number of rotatable bonds is 1.